The first-order chi connectivity index (χ1) is 16.2. The Labute approximate surface area is 212 Å². The molecule has 3 rings (SSSR count). The zero-order valence-corrected chi connectivity index (χ0v) is 22.9. The lowest BCUT2D eigenvalue weighted by Gasteiger charge is -2.34. The number of carbonyl (C=O) groups excluding carboxylic acids is 2. The molecule has 2 saturated heterocycles. The number of fused-ring (bicyclic) bond motifs is 1. The molecule has 2 aliphatic rings. The lowest BCUT2D eigenvalue weighted by atomic mass is 9.73. The maximum atomic E-state index is 13.2. The molecule has 2 aliphatic heterocycles. The number of aryl methyl sites for hydroxylation is 1. The number of rotatable bonds is 2. The standard InChI is InChI=1S/C27H41NO6S/c1-15-9-8-10-27(7)22(34-27)12-20(16(2)11-19-14-35-18(4)28-19)33-23(30)13-21(29)26(5,6)25(32)17(3)24(15)31/h11,14-15,17,20-22,24,29,31H,8-10,12-13H2,1-7H3/t15-,17+,20?,21-,22?,24?,27+/m0/s1. The number of thiazole rings is 1. The number of Topliss-reactive ketones (excluding diaryl/α,β-unsaturated/α-hetero) is 1. The average molecular weight is 508 g/mol. The number of aliphatic hydroxyl groups excluding tert-OH is 2. The number of aliphatic hydroxyl groups is 2. The van der Waals surface area contributed by atoms with Crippen molar-refractivity contribution in [2.75, 3.05) is 0 Å². The fourth-order valence-corrected chi connectivity index (χ4v) is 5.64. The summed E-state index contributed by atoms with van der Waals surface area (Å²) in [5.74, 6) is -1.55. The minimum atomic E-state index is -1.23. The van der Waals surface area contributed by atoms with E-state index in [1.165, 1.54) is 0 Å². The van der Waals surface area contributed by atoms with Crippen molar-refractivity contribution in [3.05, 3.63) is 21.7 Å². The van der Waals surface area contributed by atoms with Crippen LogP contribution in [0.3, 0.4) is 0 Å². The number of hydrogen-bond donors (Lipinski definition) is 2. The number of hydrogen-bond acceptors (Lipinski definition) is 8. The van der Waals surface area contributed by atoms with Crippen molar-refractivity contribution in [2.24, 2.45) is 17.3 Å². The first-order valence-electron chi connectivity index (χ1n) is 12.6. The molecule has 3 unspecified atom stereocenters. The zero-order chi connectivity index (χ0) is 26.1. The lowest BCUT2D eigenvalue weighted by Crippen LogP contribution is -2.45. The highest BCUT2D eigenvalue weighted by Crippen LogP contribution is 2.45. The Hall–Kier alpha value is -1.61. The highest BCUT2D eigenvalue weighted by atomic mass is 32.1. The number of cyclic esters (lactones) is 1. The van der Waals surface area contributed by atoms with E-state index in [0.29, 0.717) is 6.42 Å². The fraction of sp³-hybridized carbons (Fsp3) is 0.741. The second-order valence-electron chi connectivity index (χ2n) is 11.3. The molecule has 0 aliphatic carbocycles. The van der Waals surface area contributed by atoms with Gasteiger partial charge in [-0.3, -0.25) is 9.59 Å². The number of aromatic nitrogens is 1. The van der Waals surface area contributed by atoms with Gasteiger partial charge in [-0.05, 0) is 51.2 Å². The molecule has 35 heavy (non-hydrogen) atoms. The van der Waals surface area contributed by atoms with E-state index in [1.807, 2.05) is 32.2 Å². The highest BCUT2D eigenvalue weighted by molar-refractivity contribution is 7.09. The second-order valence-corrected chi connectivity index (χ2v) is 12.3. The summed E-state index contributed by atoms with van der Waals surface area (Å²) in [7, 11) is 0. The van der Waals surface area contributed by atoms with E-state index < -0.39 is 35.6 Å². The van der Waals surface area contributed by atoms with E-state index in [2.05, 4.69) is 11.9 Å². The predicted octanol–water partition coefficient (Wildman–Crippen LogP) is 4.48. The highest BCUT2D eigenvalue weighted by Gasteiger charge is 2.53. The van der Waals surface area contributed by atoms with Crippen LogP contribution in [0.4, 0.5) is 0 Å². The van der Waals surface area contributed by atoms with Gasteiger partial charge in [0, 0.05) is 17.7 Å². The van der Waals surface area contributed by atoms with Crippen LogP contribution in [0.15, 0.2) is 11.0 Å². The molecule has 0 aromatic carbocycles. The molecule has 0 amide bonds. The van der Waals surface area contributed by atoms with Crippen molar-refractivity contribution in [2.45, 2.75) is 111 Å². The maximum absolute atomic E-state index is 13.2. The van der Waals surface area contributed by atoms with Crippen LogP contribution < -0.4 is 0 Å². The van der Waals surface area contributed by atoms with Crippen molar-refractivity contribution in [3.8, 4) is 0 Å². The quantitative estimate of drug-likeness (QED) is 0.449. The Kier molecular flexibility index (Phi) is 8.62. The topological polar surface area (TPSA) is 109 Å². The van der Waals surface area contributed by atoms with Crippen molar-refractivity contribution in [1.82, 2.24) is 4.98 Å². The first-order valence-corrected chi connectivity index (χ1v) is 13.5. The monoisotopic (exact) mass is 507 g/mol. The number of ether oxygens (including phenoxy) is 2. The van der Waals surface area contributed by atoms with Crippen molar-refractivity contribution >= 4 is 29.2 Å². The molecule has 3 heterocycles. The smallest absolute Gasteiger partial charge is 0.309 e. The fourth-order valence-electron chi connectivity index (χ4n) is 5.07. The van der Waals surface area contributed by atoms with Gasteiger partial charge in [0.15, 0.2) is 0 Å². The predicted molar refractivity (Wildman–Crippen MR) is 136 cm³/mol. The molecule has 0 radical (unpaired) electrons. The number of carbonyl (C=O) groups is 2. The summed E-state index contributed by atoms with van der Waals surface area (Å²) in [5.41, 5.74) is 0.179. The van der Waals surface area contributed by atoms with Gasteiger partial charge < -0.3 is 19.7 Å². The Morgan fingerprint density at radius 2 is 1.91 bits per heavy atom. The molecule has 0 saturated carbocycles. The van der Waals surface area contributed by atoms with E-state index >= 15 is 0 Å². The van der Waals surface area contributed by atoms with Crippen LogP contribution in [0.2, 0.25) is 0 Å². The number of ketones is 1. The summed E-state index contributed by atoms with van der Waals surface area (Å²) in [4.78, 5) is 30.6. The summed E-state index contributed by atoms with van der Waals surface area (Å²) in [6, 6.07) is 0. The molecule has 0 bridgehead atoms. The molecule has 0 spiro atoms. The van der Waals surface area contributed by atoms with Crippen LogP contribution in [-0.2, 0) is 19.1 Å². The minimum Gasteiger partial charge on any atom is -0.458 e. The molecular weight excluding hydrogens is 466 g/mol. The van der Waals surface area contributed by atoms with Gasteiger partial charge in [0.05, 0.1) is 46.5 Å². The zero-order valence-electron chi connectivity index (χ0n) is 22.0. The Morgan fingerprint density at radius 1 is 1.23 bits per heavy atom. The Bertz CT molecular complexity index is 955. The van der Waals surface area contributed by atoms with Crippen molar-refractivity contribution < 1.29 is 29.3 Å². The van der Waals surface area contributed by atoms with Gasteiger partial charge in [-0.2, -0.15) is 0 Å². The maximum Gasteiger partial charge on any atom is 0.309 e. The van der Waals surface area contributed by atoms with Crippen LogP contribution in [0, 0.1) is 24.2 Å². The summed E-state index contributed by atoms with van der Waals surface area (Å²) >= 11 is 1.56. The summed E-state index contributed by atoms with van der Waals surface area (Å²) < 4.78 is 11.9. The van der Waals surface area contributed by atoms with Gasteiger partial charge in [0.1, 0.15) is 11.9 Å². The molecule has 1 aromatic rings. The van der Waals surface area contributed by atoms with E-state index in [-0.39, 0.29) is 29.8 Å². The van der Waals surface area contributed by atoms with E-state index in [9.17, 15) is 19.8 Å². The van der Waals surface area contributed by atoms with E-state index in [0.717, 1.165) is 35.5 Å². The first kappa shape index (κ1) is 28.0. The van der Waals surface area contributed by atoms with Gasteiger partial charge in [-0.1, -0.05) is 34.1 Å². The summed E-state index contributed by atoms with van der Waals surface area (Å²) in [6.07, 6.45) is 1.98. The van der Waals surface area contributed by atoms with Crippen LogP contribution in [0.5, 0.6) is 0 Å². The Balaban J connectivity index is 1.85. The Morgan fingerprint density at radius 3 is 2.54 bits per heavy atom. The SMILES string of the molecule is CC(=Cc1csc(C)n1)C1CC2O[C@]2(C)CCC[C@H](C)C(O)[C@@H](C)C(=O)C(C)(C)[C@@H](O)CC(=O)O1. The number of epoxide rings is 1. The molecule has 7 atom stereocenters. The van der Waals surface area contributed by atoms with Gasteiger partial charge in [-0.15, -0.1) is 11.3 Å². The largest absolute Gasteiger partial charge is 0.458 e. The third-order valence-corrected chi connectivity index (χ3v) is 8.72. The van der Waals surface area contributed by atoms with Crippen LogP contribution in [0.25, 0.3) is 6.08 Å². The van der Waals surface area contributed by atoms with E-state index in [4.69, 9.17) is 9.47 Å². The van der Waals surface area contributed by atoms with Crippen molar-refractivity contribution in [1.29, 1.82) is 0 Å². The third kappa shape index (κ3) is 6.59. The summed E-state index contributed by atoms with van der Waals surface area (Å²) in [6.45, 7) is 12.8. The van der Waals surface area contributed by atoms with Crippen LogP contribution in [-0.4, -0.2) is 57.0 Å². The molecule has 1 aromatic heterocycles. The molecule has 8 heteroatoms. The molecular formula is C27H41NO6S. The minimum absolute atomic E-state index is 0.0455. The van der Waals surface area contributed by atoms with Gasteiger partial charge in [0.2, 0.25) is 0 Å². The normalized spacial score (nSPS) is 37.5. The van der Waals surface area contributed by atoms with Crippen LogP contribution >= 0.6 is 11.3 Å². The van der Waals surface area contributed by atoms with Gasteiger partial charge in [0.25, 0.3) is 0 Å². The molecule has 7 nitrogen and oxygen atoms in total. The summed E-state index contributed by atoms with van der Waals surface area (Å²) in [5, 5.41) is 24.6. The average Bonchev–Trinajstić information content (AvgIpc) is 3.22. The lowest BCUT2D eigenvalue weighted by molar-refractivity contribution is -0.154. The van der Waals surface area contributed by atoms with Crippen molar-refractivity contribution in [3.63, 3.8) is 0 Å². The molecule has 2 N–H and O–H groups in total. The number of nitrogens with zero attached hydrogens (tertiary/aromatic N) is 1. The second kappa shape index (κ2) is 10.8. The van der Waals surface area contributed by atoms with E-state index in [1.54, 1.807) is 32.1 Å². The third-order valence-electron chi connectivity index (χ3n) is 7.93. The number of esters is 1. The van der Waals surface area contributed by atoms with Gasteiger partial charge >= 0.3 is 5.97 Å². The molecule has 196 valence electrons. The van der Waals surface area contributed by atoms with Crippen LogP contribution in [0.1, 0.15) is 84.3 Å². The van der Waals surface area contributed by atoms with Gasteiger partial charge in [-0.25, -0.2) is 4.98 Å². The molecule has 2 fully saturated rings.